The minimum Gasteiger partial charge on any atom is -0.504 e. The van der Waals surface area contributed by atoms with Gasteiger partial charge in [-0.1, -0.05) is 6.07 Å². The van der Waals surface area contributed by atoms with E-state index < -0.39 is 11.9 Å². The number of hydrogen-bond acceptors (Lipinski definition) is 9. The third kappa shape index (κ3) is 3.39. The van der Waals surface area contributed by atoms with Crippen molar-refractivity contribution in [1.29, 1.82) is 0 Å². The van der Waals surface area contributed by atoms with Gasteiger partial charge in [-0.15, -0.1) is 0 Å². The Balaban J connectivity index is 1.44. The first-order valence-electron chi connectivity index (χ1n) is 11.1. The Hall–Kier alpha value is -4.66. The van der Waals surface area contributed by atoms with Crippen LogP contribution in [-0.4, -0.2) is 37.9 Å². The molecular formula is C27H20O9. The molecule has 6 rings (SSSR count). The van der Waals surface area contributed by atoms with Crippen LogP contribution < -0.4 is 28.4 Å². The van der Waals surface area contributed by atoms with Crippen molar-refractivity contribution in [3.8, 4) is 40.2 Å². The van der Waals surface area contributed by atoms with Gasteiger partial charge in [0.25, 0.3) is 0 Å². The standard InChI is InChI=1S/C27H20O9/c1-31-18-5-3-13(7-17(18)28)8-20-25(30)15-4-6-19-24(26(15)36-20)16(11-23(29)35-19)14-9-21(32-2)27-22(10-14)33-12-34-27/h3-10,16,28H,11-12H2,1-2H3. The second-order valence-corrected chi connectivity index (χ2v) is 8.41. The molecule has 1 atom stereocenters. The molecule has 0 aromatic heterocycles. The van der Waals surface area contributed by atoms with Crippen molar-refractivity contribution in [2.45, 2.75) is 12.3 Å². The molecule has 3 aromatic rings. The molecular weight excluding hydrogens is 468 g/mol. The molecule has 0 amide bonds. The molecule has 0 saturated heterocycles. The van der Waals surface area contributed by atoms with Gasteiger partial charge in [-0.2, -0.15) is 0 Å². The van der Waals surface area contributed by atoms with Crippen molar-refractivity contribution in [2.24, 2.45) is 0 Å². The van der Waals surface area contributed by atoms with Crippen molar-refractivity contribution < 1.29 is 43.1 Å². The van der Waals surface area contributed by atoms with Gasteiger partial charge in [0.1, 0.15) is 11.5 Å². The van der Waals surface area contributed by atoms with Gasteiger partial charge in [-0.25, -0.2) is 0 Å². The number of phenols is 1. The van der Waals surface area contributed by atoms with Gasteiger partial charge in [-0.05, 0) is 53.6 Å². The van der Waals surface area contributed by atoms with E-state index in [1.807, 2.05) is 0 Å². The lowest BCUT2D eigenvalue weighted by Crippen LogP contribution is -2.21. The summed E-state index contributed by atoms with van der Waals surface area (Å²) in [6.45, 7) is 0.0700. The largest absolute Gasteiger partial charge is 0.504 e. The topological polar surface area (TPSA) is 110 Å². The molecule has 182 valence electrons. The van der Waals surface area contributed by atoms with Crippen molar-refractivity contribution in [1.82, 2.24) is 0 Å². The van der Waals surface area contributed by atoms with Crippen LogP contribution in [0.2, 0.25) is 0 Å². The number of ether oxygens (including phenoxy) is 6. The second-order valence-electron chi connectivity index (χ2n) is 8.41. The number of hydrogen-bond donors (Lipinski definition) is 1. The van der Waals surface area contributed by atoms with Crippen LogP contribution in [0.25, 0.3) is 6.08 Å². The second kappa shape index (κ2) is 8.23. The molecule has 0 spiro atoms. The van der Waals surface area contributed by atoms with Crippen LogP contribution in [0.3, 0.4) is 0 Å². The zero-order chi connectivity index (χ0) is 25.0. The van der Waals surface area contributed by atoms with E-state index >= 15 is 0 Å². The van der Waals surface area contributed by atoms with E-state index in [9.17, 15) is 14.7 Å². The third-order valence-corrected chi connectivity index (χ3v) is 6.36. The highest BCUT2D eigenvalue weighted by Gasteiger charge is 2.39. The SMILES string of the molecule is COc1ccc(C=C2Oc3c(ccc4c3C(c3cc(OC)c5c(c3)OCO5)CC(=O)O4)C2=O)cc1O. The summed E-state index contributed by atoms with van der Waals surface area (Å²) in [5.41, 5.74) is 2.23. The number of benzene rings is 3. The predicted octanol–water partition coefficient (Wildman–Crippen LogP) is 4.20. The Morgan fingerprint density at radius 3 is 2.53 bits per heavy atom. The van der Waals surface area contributed by atoms with Crippen LogP contribution in [0.4, 0.5) is 0 Å². The Kier molecular flexibility index (Phi) is 4.99. The minimum atomic E-state index is -0.475. The van der Waals surface area contributed by atoms with Crippen molar-refractivity contribution >= 4 is 17.8 Å². The van der Waals surface area contributed by atoms with Gasteiger partial charge < -0.3 is 33.5 Å². The van der Waals surface area contributed by atoms with Gasteiger partial charge in [0.05, 0.1) is 26.2 Å². The summed E-state index contributed by atoms with van der Waals surface area (Å²) in [7, 11) is 2.98. The van der Waals surface area contributed by atoms with E-state index in [1.165, 1.54) is 20.3 Å². The van der Waals surface area contributed by atoms with Crippen LogP contribution in [0.1, 0.15) is 39.4 Å². The maximum atomic E-state index is 13.2. The van der Waals surface area contributed by atoms with Crippen LogP contribution in [-0.2, 0) is 4.79 Å². The summed E-state index contributed by atoms with van der Waals surface area (Å²) in [4.78, 5) is 25.7. The smallest absolute Gasteiger partial charge is 0.312 e. The first-order valence-corrected chi connectivity index (χ1v) is 11.1. The van der Waals surface area contributed by atoms with Crippen LogP contribution >= 0.6 is 0 Å². The molecule has 1 unspecified atom stereocenters. The van der Waals surface area contributed by atoms with Gasteiger partial charge in [0.15, 0.2) is 28.8 Å². The highest BCUT2D eigenvalue weighted by molar-refractivity contribution is 6.15. The Bertz CT molecular complexity index is 1470. The lowest BCUT2D eigenvalue weighted by molar-refractivity contribution is -0.135. The number of ketones is 1. The molecule has 0 radical (unpaired) electrons. The Morgan fingerprint density at radius 2 is 1.75 bits per heavy atom. The molecule has 0 bridgehead atoms. The van der Waals surface area contributed by atoms with Crippen LogP contribution in [0, 0.1) is 0 Å². The van der Waals surface area contributed by atoms with E-state index in [0.29, 0.717) is 51.2 Å². The molecule has 3 aliphatic heterocycles. The Labute approximate surface area is 205 Å². The van der Waals surface area contributed by atoms with Crippen molar-refractivity contribution in [3.63, 3.8) is 0 Å². The zero-order valence-corrected chi connectivity index (χ0v) is 19.3. The molecule has 3 aliphatic rings. The third-order valence-electron chi connectivity index (χ3n) is 6.36. The van der Waals surface area contributed by atoms with Gasteiger partial charge in [0, 0.05) is 11.5 Å². The molecule has 0 saturated carbocycles. The molecule has 36 heavy (non-hydrogen) atoms. The average molecular weight is 488 g/mol. The summed E-state index contributed by atoms with van der Waals surface area (Å²) >= 11 is 0. The fraction of sp³-hybridized carbons (Fsp3) is 0.185. The Morgan fingerprint density at radius 1 is 0.917 bits per heavy atom. The number of methoxy groups -OCH3 is 2. The van der Waals surface area contributed by atoms with E-state index in [1.54, 1.807) is 42.5 Å². The lowest BCUT2D eigenvalue weighted by Gasteiger charge is -2.26. The molecule has 3 heterocycles. The van der Waals surface area contributed by atoms with Crippen LogP contribution in [0.5, 0.6) is 40.2 Å². The quantitative estimate of drug-likeness (QED) is 0.328. The summed E-state index contributed by atoms with van der Waals surface area (Å²) in [6, 6.07) is 11.5. The van der Waals surface area contributed by atoms with E-state index in [0.717, 1.165) is 5.56 Å². The number of esters is 1. The van der Waals surface area contributed by atoms with Crippen LogP contribution in [0.15, 0.2) is 48.2 Å². The fourth-order valence-corrected chi connectivity index (χ4v) is 4.69. The fourth-order valence-electron chi connectivity index (χ4n) is 4.69. The number of fused-ring (bicyclic) bond motifs is 4. The summed E-state index contributed by atoms with van der Waals surface area (Å²) in [5.74, 6) is 1.28. The molecule has 0 fully saturated rings. The number of allylic oxidation sites excluding steroid dienone is 1. The van der Waals surface area contributed by atoms with Gasteiger partial charge in [0.2, 0.25) is 18.3 Å². The molecule has 9 heteroatoms. The molecule has 9 nitrogen and oxygen atoms in total. The highest BCUT2D eigenvalue weighted by atomic mass is 16.7. The zero-order valence-electron chi connectivity index (χ0n) is 19.3. The molecule has 3 aromatic carbocycles. The maximum Gasteiger partial charge on any atom is 0.312 e. The number of carbonyl (C=O) groups excluding carboxylic acids is 2. The first-order chi connectivity index (χ1) is 17.5. The van der Waals surface area contributed by atoms with Crippen molar-refractivity contribution in [2.75, 3.05) is 21.0 Å². The first kappa shape index (κ1) is 21.8. The summed E-state index contributed by atoms with van der Waals surface area (Å²) in [5, 5.41) is 10.1. The predicted molar refractivity (Wildman–Crippen MR) is 125 cm³/mol. The van der Waals surface area contributed by atoms with E-state index in [-0.39, 0.29) is 30.5 Å². The van der Waals surface area contributed by atoms with Gasteiger partial charge in [-0.3, -0.25) is 9.59 Å². The summed E-state index contributed by atoms with van der Waals surface area (Å²) < 4.78 is 33.2. The normalized spacial score (nSPS) is 18.4. The number of aromatic hydroxyl groups is 1. The monoisotopic (exact) mass is 488 g/mol. The molecule has 0 aliphatic carbocycles. The summed E-state index contributed by atoms with van der Waals surface area (Å²) in [6.07, 6.45) is 1.58. The number of rotatable bonds is 4. The number of carbonyl (C=O) groups is 2. The maximum absolute atomic E-state index is 13.2. The average Bonchev–Trinajstić information content (AvgIpc) is 3.47. The lowest BCUT2D eigenvalue weighted by atomic mass is 9.84. The minimum absolute atomic E-state index is 0.0369. The number of phenolic OH excluding ortho intramolecular Hbond substituents is 1. The van der Waals surface area contributed by atoms with Crippen molar-refractivity contribution in [3.05, 3.63) is 70.5 Å². The van der Waals surface area contributed by atoms with E-state index in [2.05, 4.69) is 0 Å². The number of Topliss-reactive ketones (excluding diaryl/α,β-unsaturated/α-hetero) is 1. The van der Waals surface area contributed by atoms with E-state index in [4.69, 9.17) is 28.4 Å². The van der Waals surface area contributed by atoms with Gasteiger partial charge >= 0.3 is 5.97 Å². The highest BCUT2D eigenvalue weighted by Crippen LogP contribution is 2.51. The molecule has 1 N–H and O–H groups in total.